The third-order valence-electron chi connectivity index (χ3n) is 4.21. The molecule has 1 aliphatic heterocycles. The molecule has 1 heterocycles. The van der Waals surface area contributed by atoms with E-state index in [2.05, 4.69) is 10.3 Å². The van der Waals surface area contributed by atoms with Gasteiger partial charge in [-0.2, -0.15) is 0 Å². The average molecular weight is 345 g/mol. The van der Waals surface area contributed by atoms with Crippen LogP contribution in [0.4, 0.5) is 4.39 Å². The molecule has 0 spiro atoms. The first kappa shape index (κ1) is 17.4. The molecule has 2 atom stereocenters. The van der Waals surface area contributed by atoms with Gasteiger partial charge in [0.2, 0.25) is 5.78 Å². The van der Waals surface area contributed by atoms with Gasteiger partial charge in [-0.05, 0) is 38.2 Å². The summed E-state index contributed by atoms with van der Waals surface area (Å²) in [6, 6.07) is 4.37. The number of carbonyl (C=O) groups excluding carboxylic acids is 2. The van der Waals surface area contributed by atoms with Crippen molar-refractivity contribution in [2.24, 2.45) is 4.99 Å². The van der Waals surface area contributed by atoms with Crippen molar-refractivity contribution >= 4 is 17.8 Å². The van der Waals surface area contributed by atoms with Gasteiger partial charge in [-0.3, -0.25) is 14.9 Å². The van der Waals surface area contributed by atoms with Crippen molar-refractivity contribution in [2.45, 2.75) is 19.1 Å². The van der Waals surface area contributed by atoms with E-state index in [9.17, 15) is 14.0 Å². The summed E-state index contributed by atoms with van der Waals surface area (Å²) in [5, 5.41) is 3.10. The van der Waals surface area contributed by atoms with Crippen molar-refractivity contribution in [1.29, 1.82) is 0 Å². The van der Waals surface area contributed by atoms with E-state index >= 15 is 0 Å². The van der Waals surface area contributed by atoms with Crippen LogP contribution < -0.4 is 5.32 Å². The fourth-order valence-electron chi connectivity index (χ4n) is 2.77. The topological polar surface area (TPSA) is 71.0 Å². The third kappa shape index (κ3) is 3.38. The minimum Gasteiger partial charge on any atom is -0.464 e. The number of ether oxygens (including phenoxy) is 1. The van der Waals surface area contributed by atoms with Crippen LogP contribution in [0.5, 0.6) is 0 Å². The van der Waals surface area contributed by atoms with E-state index in [-0.39, 0.29) is 11.5 Å². The van der Waals surface area contributed by atoms with E-state index in [1.54, 1.807) is 19.1 Å². The Morgan fingerprint density at radius 3 is 2.72 bits per heavy atom. The van der Waals surface area contributed by atoms with Crippen molar-refractivity contribution < 1.29 is 18.7 Å². The number of allylic oxidation sites excluding steroid dienone is 2. The number of hydrogen-bond donors (Lipinski definition) is 1. The Kier molecular flexibility index (Phi) is 4.78. The third-order valence-corrected chi connectivity index (χ3v) is 4.21. The molecule has 0 saturated carbocycles. The highest BCUT2D eigenvalue weighted by Crippen LogP contribution is 2.36. The number of hydrogen-bond acceptors (Lipinski definition) is 6. The molecule has 25 heavy (non-hydrogen) atoms. The van der Waals surface area contributed by atoms with Gasteiger partial charge in [0, 0.05) is 13.1 Å². The Morgan fingerprint density at radius 2 is 2.04 bits per heavy atom. The molecule has 0 aromatic heterocycles. The first-order valence-corrected chi connectivity index (χ1v) is 8.06. The number of ketones is 2. The first-order valence-electron chi connectivity index (χ1n) is 8.06. The Balaban J connectivity index is 1.76. The number of halogens is 1. The highest BCUT2D eigenvalue weighted by Gasteiger charge is 2.45. The van der Waals surface area contributed by atoms with Gasteiger partial charge in [0.1, 0.15) is 11.7 Å². The molecule has 2 aliphatic rings. The fraction of sp³-hybridized carbons (Fsp3) is 0.389. The summed E-state index contributed by atoms with van der Waals surface area (Å²) in [6.45, 7) is 3.05. The Labute approximate surface area is 145 Å². The zero-order chi connectivity index (χ0) is 18.1. The fourth-order valence-corrected chi connectivity index (χ4v) is 2.77. The molecule has 7 heteroatoms. The molecule has 132 valence electrons. The van der Waals surface area contributed by atoms with E-state index in [0.717, 1.165) is 6.54 Å². The largest absolute Gasteiger partial charge is 0.464 e. The van der Waals surface area contributed by atoms with Gasteiger partial charge in [0.25, 0.3) is 0 Å². The van der Waals surface area contributed by atoms with Gasteiger partial charge in [-0.15, -0.1) is 0 Å². The molecular weight excluding hydrogens is 325 g/mol. The molecule has 0 unspecified atom stereocenters. The molecule has 0 saturated heterocycles. The van der Waals surface area contributed by atoms with Crippen molar-refractivity contribution in [3.63, 3.8) is 0 Å². The zero-order valence-electron chi connectivity index (χ0n) is 14.4. The molecule has 3 rings (SSSR count). The maximum Gasteiger partial charge on any atom is 0.215 e. The molecule has 1 N–H and O–H groups in total. The molecule has 0 fully saturated rings. The normalized spacial score (nSPS) is 22.6. The summed E-state index contributed by atoms with van der Waals surface area (Å²) in [5.74, 6) is -2.50. The van der Waals surface area contributed by atoms with Gasteiger partial charge in [-0.1, -0.05) is 12.1 Å². The molecule has 1 aromatic carbocycles. The minimum atomic E-state index is -1.09. The average Bonchev–Trinajstić information content (AvgIpc) is 2.81. The standard InChI is InChI=1S/C18H20FN3O3/c1-10-4-5-11(8-12(10)19)14-16(23)15-18(17(14)24)25-13(9-21-15)20-6-7-22(2)3/h4-5,8-9,13-14,20H,6-7H2,1-3H3/t13-,14+/m1/s1. The lowest BCUT2D eigenvalue weighted by molar-refractivity contribution is -0.124. The van der Waals surface area contributed by atoms with E-state index in [1.807, 2.05) is 19.0 Å². The number of Topliss-reactive ketones (excluding diaryl/α,β-unsaturated/α-hetero) is 2. The molecular formula is C18H20FN3O3. The van der Waals surface area contributed by atoms with Gasteiger partial charge in [-0.25, -0.2) is 9.38 Å². The van der Waals surface area contributed by atoms with Crippen LogP contribution >= 0.6 is 0 Å². The van der Waals surface area contributed by atoms with E-state index in [0.29, 0.717) is 17.7 Å². The highest BCUT2D eigenvalue weighted by atomic mass is 19.1. The van der Waals surface area contributed by atoms with Gasteiger partial charge >= 0.3 is 0 Å². The van der Waals surface area contributed by atoms with Crippen LogP contribution in [0.1, 0.15) is 17.0 Å². The summed E-state index contributed by atoms with van der Waals surface area (Å²) in [5.41, 5.74) is 0.795. The number of carbonyl (C=O) groups is 2. The number of aliphatic imine (C=N–C) groups is 1. The first-order chi connectivity index (χ1) is 11.9. The maximum atomic E-state index is 13.8. The van der Waals surface area contributed by atoms with Gasteiger partial charge < -0.3 is 9.64 Å². The highest BCUT2D eigenvalue weighted by molar-refractivity contribution is 6.27. The van der Waals surface area contributed by atoms with E-state index < -0.39 is 29.5 Å². The Bertz CT molecular complexity index is 786. The number of nitrogens with one attached hydrogen (secondary N) is 1. The SMILES string of the molecule is Cc1ccc([C@H]2C(=O)C3=C(O[C@@H](NCCN(C)C)C=N3)C2=O)cc1F. The molecule has 0 amide bonds. The summed E-state index contributed by atoms with van der Waals surface area (Å²) < 4.78 is 19.4. The predicted octanol–water partition coefficient (Wildman–Crippen LogP) is 1.16. The van der Waals surface area contributed by atoms with Crippen molar-refractivity contribution in [2.75, 3.05) is 27.2 Å². The second-order valence-corrected chi connectivity index (χ2v) is 6.42. The Morgan fingerprint density at radius 1 is 1.28 bits per heavy atom. The second-order valence-electron chi connectivity index (χ2n) is 6.42. The van der Waals surface area contributed by atoms with Crippen LogP contribution in [0, 0.1) is 12.7 Å². The Hall–Kier alpha value is -2.38. The lowest BCUT2D eigenvalue weighted by Gasteiger charge is -2.21. The summed E-state index contributed by atoms with van der Waals surface area (Å²) in [6.07, 6.45) is 0.904. The lowest BCUT2D eigenvalue weighted by Crippen LogP contribution is -2.39. The zero-order valence-corrected chi connectivity index (χ0v) is 14.4. The minimum absolute atomic E-state index is 0.0154. The quantitative estimate of drug-likeness (QED) is 0.811. The summed E-state index contributed by atoms with van der Waals surface area (Å²) in [4.78, 5) is 31.3. The van der Waals surface area contributed by atoms with Crippen LogP contribution in [0.3, 0.4) is 0 Å². The number of rotatable bonds is 5. The van der Waals surface area contributed by atoms with Crippen LogP contribution in [0.15, 0.2) is 34.6 Å². The van der Waals surface area contributed by atoms with Crippen molar-refractivity contribution in [1.82, 2.24) is 10.2 Å². The second kappa shape index (κ2) is 6.85. The number of likely N-dealkylation sites (N-methyl/N-ethyl adjacent to an activating group) is 1. The molecule has 0 bridgehead atoms. The van der Waals surface area contributed by atoms with Crippen LogP contribution in [0.2, 0.25) is 0 Å². The smallest absolute Gasteiger partial charge is 0.215 e. The summed E-state index contributed by atoms with van der Waals surface area (Å²) in [7, 11) is 3.89. The van der Waals surface area contributed by atoms with Crippen LogP contribution in [0.25, 0.3) is 0 Å². The number of aryl methyl sites for hydroxylation is 1. The maximum absolute atomic E-state index is 13.8. The van der Waals surface area contributed by atoms with Crippen molar-refractivity contribution in [3.8, 4) is 0 Å². The molecule has 1 aliphatic carbocycles. The van der Waals surface area contributed by atoms with Gasteiger partial charge in [0.05, 0.1) is 6.21 Å². The van der Waals surface area contributed by atoms with Crippen LogP contribution in [-0.4, -0.2) is 56.1 Å². The predicted molar refractivity (Wildman–Crippen MR) is 90.8 cm³/mol. The molecule has 1 aromatic rings. The van der Waals surface area contributed by atoms with E-state index in [4.69, 9.17) is 4.74 Å². The molecule has 6 nitrogen and oxygen atoms in total. The molecule has 0 radical (unpaired) electrons. The van der Waals surface area contributed by atoms with Crippen LogP contribution in [-0.2, 0) is 14.3 Å². The number of benzene rings is 1. The van der Waals surface area contributed by atoms with Gasteiger partial charge in [0.15, 0.2) is 23.5 Å². The monoisotopic (exact) mass is 345 g/mol. The number of nitrogens with zero attached hydrogens (tertiary/aromatic N) is 2. The lowest BCUT2D eigenvalue weighted by atomic mass is 9.93. The summed E-state index contributed by atoms with van der Waals surface area (Å²) >= 11 is 0. The van der Waals surface area contributed by atoms with E-state index in [1.165, 1.54) is 12.3 Å². The van der Waals surface area contributed by atoms with Crippen molar-refractivity contribution in [3.05, 3.63) is 46.6 Å².